The summed E-state index contributed by atoms with van der Waals surface area (Å²) in [7, 11) is -2.59. The van der Waals surface area contributed by atoms with Gasteiger partial charge in [0.15, 0.2) is 11.5 Å². The van der Waals surface area contributed by atoms with E-state index in [4.69, 9.17) is 18.4 Å². The van der Waals surface area contributed by atoms with Crippen LogP contribution in [-0.4, -0.2) is 45.5 Å². The average molecular weight is 536 g/mol. The lowest BCUT2D eigenvalue weighted by atomic mass is 9.87. The maximum absolute atomic E-state index is 13.3. The molecule has 2 aromatic carbocycles. The van der Waals surface area contributed by atoms with E-state index in [2.05, 4.69) is 5.32 Å². The molecule has 10 heteroatoms. The molecule has 0 aliphatic rings. The van der Waals surface area contributed by atoms with Crippen LogP contribution in [-0.2, 0) is 40.0 Å². The number of carbonyl (C=O) groups excluding carboxylic acids is 2. The van der Waals surface area contributed by atoms with E-state index < -0.39 is 45.0 Å². The van der Waals surface area contributed by atoms with Gasteiger partial charge in [-0.05, 0) is 36.6 Å². The van der Waals surface area contributed by atoms with Gasteiger partial charge in [-0.2, -0.15) is 8.42 Å². The molecular weight excluding hydrogens is 498 g/mol. The van der Waals surface area contributed by atoms with E-state index in [-0.39, 0.29) is 19.6 Å². The Hall–Kier alpha value is -2.95. The molecule has 3 atom stereocenters. The van der Waals surface area contributed by atoms with Crippen LogP contribution in [0.25, 0.3) is 0 Å². The summed E-state index contributed by atoms with van der Waals surface area (Å²) in [5, 5.41) is 1.17. The smallest absolute Gasteiger partial charge is 0.336 e. The number of carbonyl (C=O) groups is 2. The van der Waals surface area contributed by atoms with Crippen LogP contribution in [0.1, 0.15) is 58.3 Å². The van der Waals surface area contributed by atoms with E-state index in [1.807, 2.05) is 30.3 Å². The van der Waals surface area contributed by atoms with E-state index in [1.54, 1.807) is 59.1 Å². The molecule has 2 aromatic rings. The van der Waals surface area contributed by atoms with E-state index in [0.29, 0.717) is 5.75 Å². The van der Waals surface area contributed by atoms with Gasteiger partial charge < -0.3 is 19.5 Å². The quantitative estimate of drug-likeness (QED) is 0.283. The highest BCUT2D eigenvalue weighted by molar-refractivity contribution is 7.87. The zero-order chi connectivity index (χ0) is 27.6. The normalized spacial score (nSPS) is 14.3. The van der Waals surface area contributed by atoms with Gasteiger partial charge in [0.05, 0.1) is 20.3 Å². The van der Waals surface area contributed by atoms with Crippen molar-refractivity contribution in [3.8, 4) is 5.75 Å². The molecule has 9 nitrogen and oxygen atoms in total. The number of hydrogen-bond acceptors (Lipinski definition) is 8. The van der Waals surface area contributed by atoms with Crippen molar-refractivity contribution in [2.24, 2.45) is 5.41 Å². The van der Waals surface area contributed by atoms with Crippen molar-refractivity contribution < 1.29 is 36.4 Å². The van der Waals surface area contributed by atoms with Crippen molar-refractivity contribution >= 4 is 22.0 Å². The number of amides is 1. The van der Waals surface area contributed by atoms with Crippen LogP contribution in [0.2, 0.25) is 0 Å². The molecule has 0 saturated heterocycles. The summed E-state index contributed by atoms with van der Waals surface area (Å²) in [5.41, 5.74) is 0.486. The lowest BCUT2D eigenvalue weighted by Crippen LogP contribution is -2.46. The van der Waals surface area contributed by atoms with Gasteiger partial charge >= 0.3 is 5.97 Å². The van der Waals surface area contributed by atoms with Gasteiger partial charge in [-0.1, -0.05) is 63.2 Å². The Labute approximate surface area is 219 Å². The molecule has 0 fully saturated rings. The molecule has 0 spiro atoms. The molecule has 2 unspecified atom stereocenters. The number of rotatable bonds is 14. The Balaban J connectivity index is 2.22. The van der Waals surface area contributed by atoms with Crippen molar-refractivity contribution in [2.45, 2.75) is 65.2 Å². The first-order chi connectivity index (χ1) is 17.4. The van der Waals surface area contributed by atoms with Gasteiger partial charge in [-0.25, -0.2) is 4.79 Å². The highest BCUT2D eigenvalue weighted by Crippen LogP contribution is 2.30. The predicted molar refractivity (Wildman–Crippen MR) is 139 cm³/mol. The Morgan fingerprint density at radius 3 is 2.19 bits per heavy atom. The van der Waals surface area contributed by atoms with Crippen LogP contribution < -0.4 is 10.1 Å². The summed E-state index contributed by atoms with van der Waals surface area (Å²) < 4.78 is 47.7. The minimum Gasteiger partial charge on any atom is -0.497 e. The average Bonchev–Trinajstić information content (AvgIpc) is 2.86. The molecule has 0 aromatic heterocycles. The predicted octanol–water partition coefficient (Wildman–Crippen LogP) is 4.13. The second kappa shape index (κ2) is 13.6. The van der Waals surface area contributed by atoms with Crippen LogP contribution in [0, 0.1) is 5.41 Å². The zero-order valence-electron chi connectivity index (χ0n) is 22.2. The van der Waals surface area contributed by atoms with Crippen LogP contribution in [0.15, 0.2) is 54.6 Å². The molecule has 0 radical (unpaired) electrons. The molecule has 0 heterocycles. The number of nitrogens with one attached hydrogen (secondary N) is 1. The molecule has 0 aliphatic carbocycles. The number of benzene rings is 2. The highest BCUT2D eigenvalue weighted by Gasteiger charge is 2.41. The van der Waals surface area contributed by atoms with Gasteiger partial charge in [0.1, 0.15) is 11.9 Å². The van der Waals surface area contributed by atoms with Crippen molar-refractivity contribution in [1.82, 2.24) is 5.32 Å². The van der Waals surface area contributed by atoms with Gasteiger partial charge in [0, 0.05) is 12.3 Å². The third-order valence-electron chi connectivity index (χ3n) is 5.74. The fourth-order valence-corrected chi connectivity index (χ4v) is 4.89. The summed E-state index contributed by atoms with van der Waals surface area (Å²) >= 11 is 0. The zero-order valence-corrected chi connectivity index (χ0v) is 23.0. The van der Waals surface area contributed by atoms with Crippen LogP contribution >= 0.6 is 0 Å². The third kappa shape index (κ3) is 9.14. The van der Waals surface area contributed by atoms with Crippen LogP contribution in [0.4, 0.5) is 0 Å². The Morgan fingerprint density at radius 1 is 1.03 bits per heavy atom. The first-order valence-corrected chi connectivity index (χ1v) is 13.5. The fourth-order valence-electron chi connectivity index (χ4n) is 3.54. The van der Waals surface area contributed by atoms with Gasteiger partial charge in [0.2, 0.25) is 5.91 Å². The van der Waals surface area contributed by atoms with E-state index in [9.17, 15) is 18.0 Å². The SMILES string of the molecule is CCC(NC(C)=O)S(=O)(=O)OCC(C)(C)[C@@H](OCc1ccc(OC)cc1)C(=O)OC(C)c1ccccc1. The second-order valence-corrected chi connectivity index (χ2v) is 11.2. The number of hydrogen-bond donors (Lipinski definition) is 1. The summed E-state index contributed by atoms with van der Waals surface area (Å²) in [6, 6.07) is 16.4. The summed E-state index contributed by atoms with van der Waals surface area (Å²) in [5.74, 6) is -0.456. The maximum Gasteiger partial charge on any atom is 0.336 e. The second-order valence-electron chi connectivity index (χ2n) is 9.37. The van der Waals surface area contributed by atoms with Crippen molar-refractivity contribution in [2.75, 3.05) is 13.7 Å². The van der Waals surface area contributed by atoms with Crippen molar-refractivity contribution in [3.05, 3.63) is 65.7 Å². The highest BCUT2D eigenvalue weighted by atomic mass is 32.2. The van der Waals surface area contributed by atoms with Crippen LogP contribution in [0.5, 0.6) is 5.75 Å². The molecule has 204 valence electrons. The molecule has 1 amide bonds. The summed E-state index contributed by atoms with van der Waals surface area (Å²) in [4.78, 5) is 24.7. The molecular formula is C27H37NO8S. The molecule has 37 heavy (non-hydrogen) atoms. The van der Waals surface area contributed by atoms with Gasteiger partial charge in [-0.3, -0.25) is 8.98 Å². The number of ether oxygens (including phenoxy) is 3. The maximum atomic E-state index is 13.3. The Bertz CT molecular complexity index is 1120. The van der Waals surface area contributed by atoms with Crippen LogP contribution in [0.3, 0.4) is 0 Å². The molecule has 0 aliphatic heterocycles. The minimum absolute atomic E-state index is 0.0726. The lowest BCUT2D eigenvalue weighted by molar-refractivity contribution is -0.174. The Morgan fingerprint density at radius 2 is 1.65 bits per heavy atom. The summed E-state index contributed by atoms with van der Waals surface area (Å²) in [6.07, 6.45) is -1.58. The first-order valence-electron chi connectivity index (χ1n) is 12.0. The Kier molecular flexibility index (Phi) is 11.1. The van der Waals surface area contributed by atoms with E-state index in [1.165, 1.54) is 6.92 Å². The monoisotopic (exact) mass is 535 g/mol. The lowest BCUT2D eigenvalue weighted by Gasteiger charge is -2.33. The molecule has 2 rings (SSSR count). The topological polar surface area (TPSA) is 117 Å². The first kappa shape index (κ1) is 30.3. The van der Waals surface area contributed by atoms with E-state index in [0.717, 1.165) is 11.1 Å². The molecule has 1 N–H and O–H groups in total. The van der Waals surface area contributed by atoms with Crippen molar-refractivity contribution in [1.29, 1.82) is 0 Å². The third-order valence-corrected chi connectivity index (χ3v) is 7.33. The number of esters is 1. The van der Waals surface area contributed by atoms with Gasteiger partial charge in [0.25, 0.3) is 10.1 Å². The van der Waals surface area contributed by atoms with E-state index >= 15 is 0 Å². The summed E-state index contributed by atoms with van der Waals surface area (Å²) in [6.45, 7) is 7.63. The molecule has 0 bridgehead atoms. The van der Waals surface area contributed by atoms with Crippen molar-refractivity contribution in [3.63, 3.8) is 0 Å². The minimum atomic E-state index is -4.15. The largest absolute Gasteiger partial charge is 0.497 e. The molecule has 0 saturated carbocycles. The van der Waals surface area contributed by atoms with Gasteiger partial charge in [-0.15, -0.1) is 0 Å². The number of methoxy groups -OCH3 is 1. The fraction of sp³-hybridized carbons (Fsp3) is 0.481. The standard InChI is InChI=1S/C27H37NO8S/c1-7-24(28-20(3)29)37(31,32)35-18-27(4,5)25(34-17-21-13-15-23(33-6)16-14-21)26(30)36-19(2)22-11-9-8-10-12-22/h8-16,19,24-25H,7,17-18H2,1-6H3,(H,28,29)/t19?,24?,25-/m0/s1.